The highest BCUT2D eigenvalue weighted by molar-refractivity contribution is 6.14. The Morgan fingerprint density at radius 1 is 1.00 bits per heavy atom. The highest BCUT2D eigenvalue weighted by Crippen LogP contribution is 2.38. The average molecular weight is 298 g/mol. The van der Waals surface area contributed by atoms with Gasteiger partial charge in [-0.3, -0.25) is 0 Å². The first-order valence-corrected chi connectivity index (χ1v) is 6.47. The van der Waals surface area contributed by atoms with Crippen molar-refractivity contribution in [2.75, 3.05) is 7.11 Å². The van der Waals surface area contributed by atoms with Crippen LogP contribution in [0.4, 0.5) is 0 Å². The van der Waals surface area contributed by atoms with Crippen molar-refractivity contribution in [1.82, 2.24) is 0 Å². The molecule has 2 N–H and O–H groups in total. The molecule has 0 saturated carbocycles. The lowest BCUT2D eigenvalue weighted by atomic mass is 10.1. The molecular weight excluding hydrogens is 288 g/mol. The van der Waals surface area contributed by atoms with E-state index in [9.17, 15) is 15.0 Å². The molecule has 0 amide bonds. The number of rotatable bonds is 1. The second-order valence-electron chi connectivity index (χ2n) is 4.90. The molecule has 22 heavy (non-hydrogen) atoms. The van der Waals surface area contributed by atoms with E-state index >= 15 is 0 Å². The monoisotopic (exact) mass is 298 g/mol. The summed E-state index contributed by atoms with van der Waals surface area (Å²) in [5.41, 5.74) is 0.117. The lowest BCUT2D eigenvalue weighted by Crippen LogP contribution is -1.98. The Balaban J connectivity index is 2.28. The van der Waals surface area contributed by atoms with Gasteiger partial charge in [-0.2, -0.15) is 0 Å². The zero-order valence-electron chi connectivity index (χ0n) is 11.4. The molecule has 6 nitrogen and oxygen atoms in total. The fourth-order valence-corrected chi connectivity index (χ4v) is 2.63. The number of benzene rings is 2. The predicted octanol–water partition coefficient (Wildman–Crippen LogP) is 3.11. The maximum absolute atomic E-state index is 12.2. The summed E-state index contributed by atoms with van der Waals surface area (Å²) in [6.45, 7) is 0. The number of furan rings is 1. The Morgan fingerprint density at radius 3 is 2.59 bits per heavy atom. The zero-order chi connectivity index (χ0) is 15.4. The van der Waals surface area contributed by atoms with Crippen LogP contribution in [0.3, 0.4) is 0 Å². The third-order valence-corrected chi connectivity index (χ3v) is 3.60. The van der Waals surface area contributed by atoms with Crippen LogP contribution in [0.5, 0.6) is 17.2 Å². The Hall–Kier alpha value is -3.15. The van der Waals surface area contributed by atoms with E-state index in [4.69, 9.17) is 13.6 Å². The number of fused-ring (bicyclic) bond motifs is 5. The van der Waals surface area contributed by atoms with Crippen LogP contribution in [0.2, 0.25) is 0 Å². The summed E-state index contributed by atoms with van der Waals surface area (Å²) in [4.78, 5) is 12.2. The van der Waals surface area contributed by atoms with Crippen LogP contribution in [-0.2, 0) is 0 Å². The van der Waals surface area contributed by atoms with Gasteiger partial charge in [-0.05, 0) is 12.1 Å². The van der Waals surface area contributed by atoms with Gasteiger partial charge in [0.25, 0.3) is 0 Å². The van der Waals surface area contributed by atoms with Gasteiger partial charge in [-0.25, -0.2) is 4.79 Å². The molecule has 0 aliphatic rings. The number of phenols is 2. The van der Waals surface area contributed by atoms with Crippen LogP contribution < -0.4 is 10.4 Å². The molecule has 0 saturated heterocycles. The quantitative estimate of drug-likeness (QED) is 0.524. The first-order valence-electron chi connectivity index (χ1n) is 6.47. The van der Waals surface area contributed by atoms with E-state index in [1.165, 1.54) is 13.2 Å². The third-order valence-electron chi connectivity index (χ3n) is 3.60. The Morgan fingerprint density at radius 2 is 1.82 bits per heavy atom. The summed E-state index contributed by atoms with van der Waals surface area (Å²) < 4.78 is 16.1. The standard InChI is InChI=1S/C16H10O6/c1-20-8-2-3-9-11(6-8)21-15-13(9)16(19)22-12-5-7(17)4-10(18)14(12)15/h2-6,17-18H,1H3. The minimum atomic E-state index is -0.601. The van der Waals surface area contributed by atoms with Gasteiger partial charge in [0.1, 0.15) is 39.2 Å². The normalized spacial score (nSPS) is 11.5. The first-order chi connectivity index (χ1) is 10.6. The van der Waals surface area contributed by atoms with Crippen molar-refractivity contribution in [1.29, 1.82) is 0 Å². The van der Waals surface area contributed by atoms with E-state index in [0.717, 1.165) is 6.07 Å². The average Bonchev–Trinajstić information content (AvgIpc) is 2.84. The fraction of sp³-hybridized carbons (Fsp3) is 0.0625. The molecule has 6 heteroatoms. The zero-order valence-corrected chi connectivity index (χ0v) is 11.4. The van der Waals surface area contributed by atoms with Gasteiger partial charge in [-0.1, -0.05) is 0 Å². The lowest BCUT2D eigenvalue weighted by molar-refractivity contribution is 0.414. The van der Waals surface area contributed by atoms with Crippen molar-refractivity contribution in [3.05, 3.63) is 40.8 Å². The summed E-state index contributed by atoms with van der Waals surface area (Å²) in [6, 6.07) is 7.47. The maximum Gasteiger partial charge on any atom is 0.348 e. The molecule has 0 bridgehead atoms. The first kappa shape index (κ1) is 12.6. The van der Waals surface area contributed by atoms with Crippen molar-refractivity contribution < 1.29 is 23.8 Å². The Labute approximate surface area is 122 Å². The molecular formula is C16H10O6. The SMILES string of the molecule is COc1ccc2c(c1)oc1c3c(O)cc(O)cc3oc(=O)c21. The topological polar surface area (TPSA) is 93.0 Å². The molecule has 2 heterocycles. The molecule has 0 aliphatic heterocycles. The second-order valence-corrected chi connectivity index (χ2v) is 4.90. The lowest BCUT2D eigenvalue weighted by Gasteiger charge is -2.01. The Kier molecular flexibility index (Phi) is 2.39. The summed E-state index contributed by atoms with van der Waals surface area (Å²) in [5.74, 6) is 0.155. The van der Waals surface area contributed by atoms with Crippen molar-refractivity contribution in [2.24, 2.45) is 0 Å². The van der Waals surface area contributed by atoms with Crippen molar-refractivity contribution in [3.8, 4) is 17.2 Å². The van der Waals surface area contributed by atoms with E-state index in [-0.39, 0.29) is 33.4 Å². The van der Waals surface area contributed by atoms with Gasteiger partial charge >= 0.3 is 5.63 Å². The van der Waals surface area contributed by atoms with Gasteiger partial charge in [0.15, 0.2) is 5.58 Å². The number of ether oxygens (including phenoxy) is 1. The molecule has 0 radical (unpaired) electrons. The number of hydrogen-bond donors (Lipinski definition) is 2. The summed E-state index contributed by atoms with van der Waals surface area (Å²) >= 11 is 0. The number of aromatic hydroxyl groups is 2. The number of methoxy groups -OCH3 is 1. The van der Waals surface area contributed by atoms with Crippen LogP contribution in [0, 0.1) is 0 Å². The molecule has 0 fully saturated rings. The van der Waals surface area contributed by atoms with E-state index in [0.29, 0.717) is 16.7 Å². The van der Waals surface area contributed by atoms with Crippen LogP contribution >= 0.6 is 0 Å². The van der Waals surface area contributed by atoms with Crippen LogP contribution in [0.1, 0.15) is 0 Å². The molecule has 110 valence electrons. The van der Waals surface area contributed by atoms with Gasteiger partial charge in [0.05, 0.1) is 7.11 Å². The molecule has 0 aliphatic carbocycles. The molecule has 2 aromatic carbocycles. The molecule has 0 spiro atoms. The number of hydrogen-bond acceptors (Lipinski definition) is 6. The van der Waals surface area contributed by atoms with Crippen LogP contribution in [-0.4, -0.2) is 17.3 Å². The summed E-state index contributed by atoms with van der Waals surface area (Å²) in [7, 11) is 1.53. The molecule has 4 rings (SSSR count). The van der Waals surface area contributed by atoms with Crippen molar-refractivity contribution in [2.45, 2.75) is 0 Å². The van der Waals surface area contributed by atoms with Crippen molar-refractivity contribution >= 4 is 32.9 Å². The van der Waals surface area contributed by atoms with Gasteiger partial charge < -0.3 is 23.8 Å². The highest BCUT2D eigenvalue weighted by Gasteiger charge is 2.19. The minimum Gasteiger partial charge on any atom is -0.508 e. The Bertz CT molecular complexity index is 1100. The molecule has 0 atom stereocenters. The predicted molar refractivity (Wildman–Crippen MR) is 79.6 cm³/mol. The van der Waals surface area contributed by atoms with E-state index in [1.807, 2.05) is 0 Å². The van der Waals surface area contributed by atoms with Gasteiger partial charge in [0, 0.05) is 23.6 Å². The molecule has 4 aromatic rings. The minimum absolute atomic E-state index is 0.0565. The smallest absolute Gasteiger partial charge is 0.348 e. The van der Waals surface area contributed by atoms with Crippen molar-refractivity contribution in [3.63, 3.8) is 0 Å². The fourth-order valence-electron chi connectivity index (χ4n) is 2.63. The van der Waals surface area contributed by atoms with Gasteiger partial charge in [-0.15, -0.1) is 0 Å². The third kappa shape index (κ3) is 1.57. The van der Waals surface area contributed by atoms with Gasteiger partial charge in [0.2, 0.25) is 0 Å². The van der Waals surface area contributed by atoms with E-state index < -0.39 is 5.63 Å². The summed E-state index contributed by atoms with van der Waals surface area (Å²) in [6.07, 6.45) is 0. The second kappa shape index (κ2) is 4.17. The maximum atomic E-state index is 12.2. The van der Waals surface area contributed by atoms with Crippen LogP contribution in [0.25, 0.3) is 32.9 Å². The largest absolute Gasteiger partial charge is 0.508 e. The highest BCUT2D eigenvalue weighted by atomic mass is 16.5. The molecule has 2 aromatic heterocycles. The summed E-state index contributed by atoms with van der Waals surface area (Å²) in [5, 5.41) is 20.6. The molecule has 0 unspecified atom stereocenters. The van der Waals surface area contributed by atoms with E-state index in [2.05, 4.69) is 0 Å². The van der Waals surface area contributed by atoms with E-state index in [1.54, 1.807) is 18.2 Å². The van der Waals surface area contributed by atoms with Crippen LogP contribution in [0.15, 0.2) is 44.0 Å². The number of phenolic OH excluding ortho intramolecular Hbond substituents is 2.